The number of nitrogens with zero attached hydrogens (tertiary/aromatic N) is 4. The largest absolute Gasteiger partial charge is 0.497 e. The second kappa shape index (κ2) is 9.70. The normalized spacial score (nSPS) is 10.9. The molecule has 0 saturated heterocycles. The van der Waals surface area contributed by atoms with Gasteiger partial charge in [0.2, 0.25) is 0 Å². The van der Waals surface area contributed by atoms with Gasteiger partial charge in [-0.2, -0.15) is 0 Å². The Bertz CT molecular complexity index is 940. The Labute approximate surface area is 169 Å². The van der Waals surface area contributed by atoms with E-state index in [1.807, 2.05) is 37.5 Å². The number of ether oxygens (including phenoxy) is 2. The lowest BCUT2D eigenvalue weighted by Gasteiger charge is -2.15. The summed E-state index contributed by atoms with van der Waals surface area (Å²) in [5.74, 6) is 0.177. The third kappa shape index (κ3) is 5.79. The quantitative estimate of drug-likeness (QED) is 0.563. The highest BCUT2D eigenvalue weighted by Crippen LogP contribution is 2.17. The summed E-state index contributed by atoms with van der Waals surface area (Å²) >= 11 is 0. The van der Waals surface area contributed by atoms with E-state index >= 15 is 0 Å². The first-order valence-corrected chi connectivity index (χ1v) is 9.21. The Morgan fingerprint density at radius 1 is 1.14 bits per heavy atom. The number of rotatable bonds is 10. The lowest BCUT2D eigenvalue weighted by Crippen LogP contribution is -2.17. The maximum atomic E-state index is 11.2. The number of para-hydroxylation sites is 1. The van der Waals surface area contributed by atoms with Gasteiger partial charge in [0, 0.05) is 19.3 Å². The van der Waals surface area contributed by atoms with Crippen LogP contribution in [0, 0.1) is 0 Å². The average molecular weight is 396 g/mol. The Hall–Kier alpha value is -3.39. The third-order valence-corrected chi connectivity index (χ3v) is 4.32. The Morgan fingerprint density at radius 2 is 1.90 bits per heavy atom. The van der Waals surface area contributed by atoms with Crippen LogP contribution in [0.1, 0.15) is 21.6 Å². The molecule has 0 atom stereocenters. The molecule has 0 saturated carbocycles. The Balaban J connectivity index is 1.48. The van der Waals surface area contributed by atoms with E-state index in [9.17, 15) is 9.90 Å². The Kier molecular flexibility index (Phi) is 6.80. The van der Waals surface area contributed by atoms with Crippen LogP contribution in [0.3, 0.4) is 0 Å². The summed E-state index contributed by atoms with van der Waals surface area (Å²) < 4.78 is 12.5. The fourth-order valence-corrected chi connectivity index (χ4v) is 2.91. The second-order valence-corrected chi connectivity index (χ2v) is 6.64. The number of hydrogen-bond donors (Lipinski definition) is 1. The molecule has 0 fully saturated rings. The van der Waals surface area contributed by atoms with E-state index in [0.717, 1.165) is 18.0 Å². The molecule has 0 aliphatic carbocycles. The van der Waals surface area contributed by atoms with Gasteiger partial charge in [-0.05, 0) is 36.9 Å². The van der Waals surface area contributed by atoms with Crippen molar-refractivity contribution in [1.29, 1.82) is 0 Å². The van der Waals surface area contributed by atoms with Crippen molar-refractivity contribution in [2.24, 2.45) is 0 Å². The first kappa shape index (κ1) is 20.3. The maximum absolute atomic E-state index is 11.2. The SMILES string of the molecule is COc1ccc(CN(C)Cc2cn(CCOc3ccccc3C(=O)O)nn2)cc1. The Morgan fingerprint density at radius 3 is 2.62 bits per heavy atom. The molecule has 0 amide bonds. The van der Waals surface area contributed by atoms with Crippen molar-refractivity contribution in [3.8, 4) is 11.5 Å². The van der Waals surface area contributed by atoms with Gasteiger partial charge in [0.05, 0.1) is 19.3 Å². The molecular formula is C21H24N4O4. The zero-order chi connectivity index (χ0) is 20.6. The topological polar surface area (TPSA) is 89.7 Å². The van der Waals surface area contributed by atoms with Crippen LogP contribution >= 0.6 is 0 Å². The van der Waals surface area contributed by atoms with Crippen molar-refractivity contribution < 1.29 is 19.4 Å². The van der Waals surface area contributed by atoms with Gasteiger partial charge < -0.3 is 14.6 Å². The molecule has 3 rings (SSSR count). The first-order chi connectivity index (χ1) is 14.0. The molecule has 0 aliphatic rings. The van der Waals surface area contributed by atoms with E-state index in [1.165, 1.54) is 11.6 Å². The summed E-state index contributed by atoms with van der Waals surface area (Å²) in [5.41, 5.74) is 2.19. The molecule has 1 aromatic heterocycles. The molecule has 8 nitrogen and oxygen atoms in total. The van der Waals surface area contributed by atoms with Crippen LogP contribution in [0.5, 0.6) is 11.5 Å². The number of methoxy groups -OCH3 is 1. The summed E-state index contributed by atoms with van der Waals surface area (Å²) in [7, 11) is 3.68. The van der Waals surface area contributed by atoms with E-state index in [4.69, 9.17) is 9.47 Å². The smallest absolute Gasteiger partial charge is 0.339 e. The highest BCUT2D eigenvalue weighted by atomic mass is 16.5. The molecule has 152 valence electrons. The zero-order valence-electron chi connectivity index (χ0n) is 16.5. The van der Waals surface area contributed by atoms with E-state index in [0.29, 0.717) is 25.4 Å². The van der Waals surface area contributed by atoms with E-state index in [-0.39, 0.29) is 5.56 Å². The molecule has 0 aliphatic heterocycles. The van der Waals surface area contributed by atoms with Gasteiger partial charge in [-0.25, -0.2) is 9.48 Å². The summed E-state index contributed by atoms with van der Waals surface area (Å²) in [4.78, 5) is 13.4. The lowest BCUT2D eigenvalue weighted by molar-refractivity contribution is 0.0692. The van der Waals surface area contributed by atoms with Crippen LogP contribution < -0.4 is 9.47 Å². The van der Waals surface area contributed by atoms with Crippen molar-refractivity contribution in [2.45, 2.75) is 19.6 Å². The average Bonchev–Trinajstić information content (AvgIpc) is 3.15. The van der Waals surface area contributed by atoms with Crippen molar-refractivity contribution in [3.05, 3.63) is 71.5 Å². The summed E-state index contributed by atoms with van der Waals surface area (Å²) in [6.45, 7) is 2.22. The predicted molar refractivity (Wildman–Crippen MR) is 107 cm³/mol. The summed E-state index contributed by atoms with van der Waals surface area (Å²) in [6.07, 6.45) is 1.87. The van der Waals surface area contributed by atoms with Crippen LogP contribution in [0.4, 0.5) is 0 Å². The number of aromatic carboxylic acids is 1. The van der Waals surface area contributed by atoms with Gasteiger partial charge in [0.25, 0.3) is 0 Å². The number of carboxylic acids is 1. The zero-order valence-corrected chi connectivity index (χ0v) is 16.5. The number of carboxylic acid groups (broad SMARTS) is 1. The molecule has 8 heteroatoms. The molecule has 0 unspecified atom stereocenters. The molecule has 1 N–H and O–H groups in total. The van der Waals surface area contributed by atoms with Gasteiger partial charge in [0.15, 0.2) is 0 Å². The highest BCUT2D eigenvalue weighted by molar-refractivity contribution is 5.90. The second-order valence-electron chi connectivity index (χ2n) is 6.64. The van der Waals surface area contributed by atoms with Crippen LogP contribution in [0.15, 0.2) is 54.7 Å². The van der Waals surface area contributed by atoms with Gasteiger partial charge in [0.1, 0.15) is 23.7 Å². The molecule has 3 aromatic rings. The minimum absolute atomic E-state index is 0.145. The van der Waals surface area contributed by atoms with Crippen molar-refractivity contribution in [2.75, 3.05) is 20.8 Å². The fraction of sp³-hybridized carbons (Fsp3) is 0.286. The van der Waals surface area contributed by atoms with E-state index < -0.39 is 5.97 Å². The van der Waals surface area contributed by atoms with Crippen LogP contribution in [-0.4, -0.2) is 51.7 Å². The molecule has 0 radical (unpaired) electrons. The fourth-order valence-electron chi connectivity index (χ4n) is 2.91. The van der Waals surface area contributed by atoms with E-state index in [2.05, 4.69) is 15.2 Å². The molecule has 0 bridgehead atoms. The predicted octanol–water partition coefficient (Wildman–Crippen LogP) is 2.70. The molecule has 1 heterocycles. The summed E-state index contributed by atoms with van der Waals surface area (Å²) in [6, 6.07) is 14.5. The van der Waals surface area contributed by atoms with E-state index in [1.54, 1.807) is 30.0 Å². The van der Waals surface area contributed by atoms with Gasteiger partial charge in [-0.3, -0.25) is 4.90 Å². The number of benzene rings is 2. The van der Waals surface area contributed by atoms with Gasteiger partial charge in [-0.1, -0.05) is 29.5 Å². The van der Waals surface area contributed by atoms with Crippen molar-refractivity contribution in [3.63, 3.8) is 0 Å². The molecule has 2 aromatic carbocycles. The van der Waals surface area contributed by atoms with Gasteiger partial charge in [-0.15, -0.1) is 5.10 Å². The standard InChI is InChI=1S/C21H24N4O4/c1-24(13-16-7-9-18(28-2)10-8-16)14-17-15-25(23-22-17)11-12-29-20-6-4-3-5-19(20)21(26)27/h3-10,15H,11-14H2,1-2H3,(H,26,27). The summed E-state index contributed by atoms with van der Waals surface area (Å²) in [5, 5.41) is 17.5. The van der Waals surface area contributed by atoms with Crippen molar-refractivity contribution >= 4 is 5.97 Å². The first-order valence-electron chi connectivity index (χ1n) is 9.21. The van der Waals surface area contributed by atoms with Crippen LogP contribution in [-0.2, 0) is 19.6 Å². The molecule has 29 heavy (non-hydrogen) atoms. The minimum Gasteiger partial charge on any atom is -0.497 e. The van der Waals surface area contributed by atoms with Crippen LogP contribution in [0.2, 0.25) is 0 Å². The number of hydrogen-bond acceptors (Lipinski definition) is 6. The number of aromatic nitrogens is 3. The molecular weight excluding hydrogens is 372 g/mol. The van der Waals surface area contributed by atoms with Crippen molar-refractivity contribution in [1.82, 2.24) is 19.9 Å². The number of carbonyl (C=O) groups is 1. The van der Waals surface area contributed by atoms with Crippen LogP contribution in [0.25, 0.3) is 0 Å². The highest BCUT2D eigenvalue weighted by Gasteiger charge is 2.10. The van der Waals surface area contributed by atoms with Gasteiger partial charge >= 0.3 is 5.97 Å². The lowest BCUT2D eigenvalue weighted by atomic mass is 10.2. The monoisotopic (exact) mass is 396 g/mol. The minimum atomic E-state index is -1.01. The maximum Gasteiger partial charge on any atom is 0.339 e. The third-order valence-electron chi connectivity index (χ3n) is 4.32. The molecule has 0 spiro atoms.